The van der Waals surface area contributed by atoms with Crippen molar-refractivity contribution in [3.8, 4) is 0 Å². The third-order valence-electron chi connectivity index (χ3n) is 2.97. The maximum absolute atomic E-state index is 4.47. The predicted molar refractivity (Wildman–Crippen MR) is 78.3 cm³/mol. The van der Waals surface area contributed by atoms with Gasteiger partial charge in [-0.25, -0.2) is 4.98 Å². The normalized spacial score (nSPS) is 11.3. The lowest BCUT2D eigenvalue weighted by Gasteiger charge is -2.03. The van der Waals surface area contributed by atoms with Gasteiger partial charge in [0.15, 0.2) is 11.3 Å². The van der Waals surface area contributed by atoms with Crippen LogP contribution >= 0.6 is 11.8 Å². The van der Waals surface area contributed by atoms with E-state index < -0.39 is 0 Å². The quantitative estimate of drug-likeness (QED) is 0.554. The lowest BCUT2D eigenvalue weighted by Crippen LogP contribution is -1.98. The number of hydrogen-bond acceptors (Lipinski definition) is 7. The number of nitrogens with zero attached hydrogens (tertiary/aromatic N) is 6. The first kappa shape index (κ1) is 12.1. The summed E-state index contributed by atoms with van der Waals surface area (Å²) in [6.07, 6.45) is 3.63. The van der Waals surface area contributed by atoms with Crippen molar-refractivity contribution < 1.29 is 0 Å². The van der Waals surface area contributed by atoms with Crippen LogP contribution in [0.25, 0.3) is 16.7 Å². The molecule has 0 aliphatic carbocycles. The molecule has 0 saturated carbocycles. The standard InChI is InChI=1S/C12H10N8S/c1-13-11-15-9-7(6-14-18-9)10(16-11)21-12-19-17-8-4-2-3-5-20(8)12/h2-6H,1H3,(H2,13,14,15,16,18). The highest BCUT2D eigenvalue weighted by molar-refractivity contribution is 7.99. The summed E-state index contributed by atoms with van der Waals surface area (Å²) in [6.45, 7) is 0. The third kappa shape index (κ3) is 1.98. The monoisotopic (exact) mass is 298 g/mol. The molecule has 9 heteroatoms. The molecule has 104 valence electrons. The molecular weight excluding hydrogens is 288 g/mol. The Kier molecular flexibility index (Phi) is 2.71. The van der Waals surface area contributed by atoms with E-state index in [-0.39, 0.29) is 0 Å². The van der Waals surface area contributed by atoms with Crippen LogP contribution in [0.15, 0.2) is 40.8 Å². The van der Waals surface area contributed by atoms with Gasteiger partial charge in [-0.2, -0.15) is 10.1 Å². The molecular formula is C12H10N8S. The fraction of sp³-hybridized carbons (Fsp3) is 0.0833. The predicted octanol–water partition coefficient (Wildman–Crippen LogP) is 1.59. The number of anilines is 1. The molecule has 0 aliphatic heterocycles. The Hall–Kier alpha value is -2.68. The second kappa shape index (κ2) is 4.70. The molecule has 0 spiro atoms. The second-order valence-corrected chi connectivity index (χ2v) is 5.20. The largest absolute Gasteiger partial charge is 0.357 e. The second-order valence-electron chi connectivity index (χ2n) is 4.25. The number of fused-ring (bicyclic) bond motifs is 2. The lowest BCUT2D eigenvalue weighted by atomic mass is 10.4. The summed E-state index contributed by atoms with van der Waals surface area (Å²) < 4.78 is 1.91. The van der Waals surface area contributed by atoms with E-state index >= 15 is 0 Å². The van der Waals surface area contributed by atoms with Gasteiger partial charge < -0.3 is 5.32 Å². The lowest BCUT2D eigenvalue weighted by molar-refractivity contribution is 0.917. The van der Waals surface area contributed by atoms with Gasteiger partial charge in [0.1, 0.15) is 5.03 Å². The van der Waals surface area contributed by atoms with Gasteiger partial charge in [-0.15, -0.1) is 10.2 Å². The molecule has 4 heterocycles. The Morgan fingerprint density at radius 2 is 2.19 bits per heavy atom. The summed E-state index contributed by atoms with van der Waals surface area (Å²) in [7, 11) is 1.78. The summed E-state index contributed by atoms with van der Waals surface area (Å²) >= 11 is 1.43. The molecule has 0 bridgehead atoms. The zero-order valence-corrected chi connectivity index (χ0v) is 11.8. The maximum Gasteiger partial charge on any atom is 0.225 e. The van der Waals surface area contributed by atoms with Crippen molar-refractivity contribution in [2.75, 3.05) is 12.4 Å². The first-order chi connectivity index (χ1) is 10.3. The van der Waals surface area contributed by atoms with Crippen LogP contribution < -0.4 is 5.32 Å². The molecule has 0 unspecified atom stereocenters. The zero-order chi connectivity index (χ0) is 14.2. The van der Waals surface area contributed by atoms with Gasteiger partial charge in [0.25, 0.3) is 0 Å². The van der Waals surface area contributed by atoms with E-state index in [1.807, 2.05) is 28.8 Å². The van der Waals surface area contributed by atoms with Crippen molar-refractivity contribution in [2.45, 2.75) is 10.2 Å². The van der Waals surface area contributed by atoms with E-state index in [9.17, 15) is 0 Å². The fourth-order valence-corrected chi connectivity index (χ4v) is 2.87. The first-order valence-electron chi connectivity index (χ1n) is 6.21. The number of hydrogen-bond donors (Lipinski definition) is 2. The molecule has 8 nitrogen and oxygen atoms in total. The molecule has 4 aromatic heterocycles. The van der Waals surface area contributed by atoms with E-state index in [0.29, 0.717) is 11.6 Å². The third-order valence-corrected chi connectivity index (χ3v) is 3.93. The van der Waals surface area contributed by atoms with Crippen LogP contribution in [0.3, 0.4) is 0 Å². The summed E-state index contributed by atoms with van der Waals surface area (Å²) in [6, 6.07) is 5.77. The Labute approximate surface area is 123 Å². The van der Waals surface area contributed by atoms with E-state index in [4.69, 9.17) is 0 Å². The van der Waals surface area contributed by atoms with Crippen molar-refractivity contribution in [3.63, 3.8) is 0 Å². The van der Waals surface area contributed by atoms with Crippen molar-refractivity contribution in [3.05, 3.63) is 30.6 Å². The minimum atomic E-state index is 0.531. The minimum absolute atomic E-state index is 0.531. The Morgan fingerprint density at radius 3 is 3.10 bits per heavy atom. The average Bonchev–Trinajstić information content (AvgIpc) is 3.14. The SMILES string of the molecule is CNc1nc(Sc2nnc3ccccn23)c2cn[nH]c2n1. The highest BCUT2D eigenvalue weighted by atomic mass is 32.2. The van der Waals surface area contributed by atoms with Crippen LogP contribution in [-0.2, 0) is 0 Å². The Bertz CT molecular complexity index is 927. The zero-order valence-electron chi connectivity index (χ0n) is 11.0. The summed E-state index contributed by atoms with van der Waals surface area (Å²) in [5, 5.41) is 20.5. The van der Waals surface area contributed by atoms with Crippen LogP contribution in [0.2, 0.25) is 0 Å². The van der Waals surface area contributed by atoms with Crippen LogP contribution in [0.1, 0.15) is 0 Å². The molecule has 0 atom stereocenters. The molecule has 0 amide bonds. The van der Waals surface area contributed by atoms with Crippen molar-refractivity contribution >= 4 is 34.4 Å². The fourth-order valence-electron chi connectivity index (χ4n) is 1.97. The van der Waals surface area contributed by atoms with E-state index in [1.165, 1.54) is 11.8 Å². The van der Waals surface area contributed by atoms with Crippen molar-refractivity contribution in [1.82, 2.24) is 34.8 Å². The topological polar surface area (TPSA) is 96.7 Å². The molecule has 21 heavy (non-hydrogen) atoms. The van der Waals surface area contributed by atoms with Gasteiger partial charge in [0, 0.05) is 13.2 Å². The number of nitrogens with one attached hydrogen (secondary N) is 2. The summed E-state index contributed by atoms with van der Waals surface area (Å²) in [4.78, 5) is 8.78. The number of pyridine rings is 1. The highest BCUT2D eigenvalue weighted by Gasteiger charge is 2.14. The molecule has 4 aromatic rings. The van der Waals surface area contributed by atoms with Gasteiger partial charge in [0.2, 0.25) is 11.1 Å². The highest BCUT2D eigenvalue weighted by Crippen LogP contribution is 2.30. The van der Waals surface area contributed by atoms with Crippen molar-refractivity contribution in [1.29, 1.82) is 0 Å². The molecule has 0 saturated heterocycles. The number of rotatable bonds is 3. The minimum Gasteiger partial charge on any atom is -0.357 e. The van der Waals surface area contributed by atoms with E-state index in [2.05, 4.69) is 35.7 Å². The molecule has 0 aromatic carbocycles. The maximum atomic E-state index is 4.47. The van der Waals surface area contributed by atoms with Crippen LogP contribution in [-0.4, -0.2) is 41.8 Å². The number of aromatic amines is 1. The van der Waals surface area contributed by atoms with Crippen LogP contribution in [0.5, 0.6) is 0 Å². The van der Waals surface area contributed by atoms with E-state index in [1.54, 1.807) is 13.2 Å². The van der Waals surface area contributed by atoms with Crippen LogP contribution in [0.4, 0.5) is 5.95 Å². The Balaban J connectivity index is 1.85. The molecule has 0 fully saturated rings. The Morgan fingerprint density at radius 1 is 1.24 bits per heavy atom. The van der Waals surface area contributed by atoms with Gasteiger partial charge in [-0.1, -0.05) is 6.07 Å². The average molecular weight is 298 g/mol. The van der Waals surface area contributed by atoms with Gasteiger partial charge in [-0.05, 0) is 23.9 Å². The van der Waals surface area contributed by atoms with E-state index in [0.717, 1.165) is 21.2 Å². The number of H-pyrrole nitrogens is 1. The molecule has 0 radical (unpaired) electrons. The smallest absolute Gasteiger partial charge is 0.225 e. The van der Waals surface area contributed by atoms with Gasteiger partial charge >= 0.3 is 0 Å². The number of aromatic nitrogens is 7. The summed E-state index contributed by atoms with van der Waals surface area (Å²) in [5.41, 5.74) is 1.48. The van der Waals surface area contributed by atoms with Gasteiger partial charge in [0.05, 0.1) is 11.6 Å². The molecule has 0 aliphatic rings. The molecule has 2 N–H and O–H groups in total. The first-order valence-corrected chi connectivity index (χ1v) is 7.03. The summed E-state index contributed by atoms with van der Waals surface area (Å²) in [5.74, 6) is 0.531. The van der Waals surface area contributed by atoms with Crippen molar-refractivity contribution in [2.24, 2.45) is 0 Å². The van der Waals surface area contributed by atoms with Crippen LogP contribution in [0, 0.1) is 0 Å². The van der Waals surface area contributed by atoms with Gasteiger partial charge in [-0.3, -0.25) is 9.50 Å². The molecule has 4 rings (SSSR count).